The first kappa shape index (κ1) is 13.7. The van der Waals surface area contributed by atoms with Gasteiger partial charge in [-0.05, 0) is 31.5 Å². The second-order valence-electron chi connectivity index (χ2n) is 5.09. The van der Waals surface area contributed by atoms with E-state index in [0.717, 1.165) is 25.2 Å². The molecule has 19 heavy (non-hydrogen) atoms. The molecule has 2 atom stereocenters. The predicted octanol–water partition coefficient (Wildman–Crippen LogP) is 0.836. The summed E-state index contributed by atoms with van der Waals surface area (Å²) in [5, 5.41) is 12.3. The fourth-order valence-electron chi connectivity index (χ4n) is 2.50. The van der Waals surface area contributed by atoms with Crippen molar-refractivity contribution in [2.24, 2.45) is 5.92 Å². The standard InChI is InChI=1S/C14H21N3O2/c1-9(18)11-5-6-17(8-11)13-7-10(14(19)16-2)3-4-12(13)15/h3-4,7,9,11,18H,5-6,8,15H2,1-2H3,(H,16,19). The molecule has 1 fully saturated rings. The molecule has 2 rings (SSSR count). The molecule has 0 aromatic heterocycles. The summed E-state index contributed by atoms with van der Waals surface area (Å²) in [5.41, 5.74) is 8.15. The molecular weight excluding hydrogens is 242 g/mol. The Labute approximate surface area is 113 Å². The van der Waals surface area contributed by atoms with Gasteiger partial charge >= 0.3 is 0 Å². The first-order valence-corrected chi connectivity index (χ1v) is 6.57. The van der Waals surface area contributed by atoms with Gasteiger partial charge in [-0.3, -0.25) is 4.79 Å². The Hall–Kier alpha value is -1.75. The zero-order valence-corrected chi connectivity index (χ0v) is 11.4. The maximum atomic E-state index is 11.7. The number of nitrogens with one attached hydrogen (secondary N) is 1. The van der Waals surface area contributed by atoms with Crippen LogP contribution in [0.4, 0.5) is 11.4 Å². The van der Waals surface area contributed by atoms with Crippen molar-refractivity contribution in [1.29, 1.82) is 0 Å². The van der Waals surface area contributed by atoms with Gasteiger partial charge in [0, 0.05) is 31.6 Å². The van der Waals surface area contributed by atoms with Crippen molar-refractivity contribution in [3.05, 3.63) is 23.8 Å². The summed E-state index contributed by atoms with van der Waals surface area (Å²) in [6.45, 7) is 3.45. The number of rotatable bonds is 3. The molecule has 4 N–H and O–H groups in total. The summed E-state index contributed by atoms with van der Waals surface area (Å²) in [4.78, 5) is 13.8. The Morgan fingerprint density at radius 1 is 1.58 bits per heavy atom. The van der Waals surface area contributed by atoms with Gasteiger partial charge in [0.15, 0.2) is 0 Å². The number of benzene rings is 1. The van der Waals surface area contributed by atoms with Crippen LogP contribution in [-0.2, 0) is 0 Å². The molecule has 1 heterocycles. The number of nitrogens with zero attached hydrogens (tertiary/aromatic N) is 1. The van der Waals surface area contributed by atoms with Crippen LogP contribution in [0.15, 0.2) is 18.2 Å². The SMILES string of the molecule is CNC(=O)c1ccc(N)c(N2CCC(C(C)O)C2)c1. The molecule has 0 bridgehead atoms. The third kappa shape index (κ3) is 2.81. The van der Waals surface area contributed by atoms with Crippen LogP contribution in [0, 0.1) is 5.92 Å². The highest BCUT2D eigenvalue weighted by atomic mass is 16.3. The molecule has 1 aromatic rings. The van der Waals surface area contributed by atoms with E-state index in [1.807, 2.05) is 13.0 Å². The van der Waals surface area contributed by atoms with Crippen molar-refractivity contribution >= 4 is 17.3 Å². The largest absolute Gasteiger partial charge is 0.397 e. The minimum Gasteiger partial charge on any atom is -0.397 e. The number of hydrogen-bond donors (Lipinski definition) is 3. The Morgan fingerprint density at radius 3 is 2.89 bits per heavy atom. The van der Waals surface area contributed by atoms with E-state index in [9.17, 15) is 9.90 Å². The average molecular weight is 263 g/mol. The molecule has 0 aliphatic carbocycles. The molecule has 1 aromatic carbocycles. The summed E-state index contributed by atoms with van der Waals surface area (Å²) < 4.78 is 0. The summed E-state index contributed by atoms with van der Waals surface area (Å²) in [7, 11) is 1.61. The number of hydrogen-bond acceptors (Lipinski definition) is 4. The number of carbonyl (C=O) groups is 1. The zero-order valence-electron chi connectivity index (χ0n) is 11.4. The van der Waals surface area contributed by atoms with Crippen molar-refractivity contribution in [2.45, 2.75) is 19.4 Å². The molecule has 5 nitrogen and oxygen atoms in total. The predicted molar refractivity (Wildman–Crippen MR) is 76.2 cm³/mol. The van der Waals surface area contributed by atoms with Crippen LogP contribution in [0.2, 0.25) is 0 Å². The second kappa shape index (κ2) is 5.48. The van der Waals surface area contributed by atoms with Gasteiger partial charge in [-0.15, -0.1) is 0 Å². The first-order chi connectivity index (χ1) is 9.02. The number of nitrogens with two attached hydrogens (primary N) is 1. The Balaban J connectivity index is 2.22. The zero-order chi connectivity index (χ0) is 14.0. The van der Waals surface area contributed by atoms with E-state index < -0.39 is 0 Å². The van der Waals surface area contributed by atoms with E-state index in [1.54, 1.807) is 19.2 Å². The number of aliphatic hydroxyl groups excluding tert-OH is 1. The summed E-state index contributed by atoms with van der Waals surface area (Å²) in [6.07, 6.45) is 0.634. The van der Waals surface area contributed by atoms with Crippen LogP contribution in [0.25, 0.3) is 0 Å². The molecule has 0 spiro atoms. The van der Waals surface area contributed by atoms with Gasteiger partial charge in [0.25, 0.3) is 5.91 Å². The maximum Gasteiger partial charge on any atom is 0.251 e. The fourth-order valence-corrected chi connectivity index (χ4v) is 2.50. The molecule has 0 saturated carbocycles. The van der Waals surface area contributed by atoms with Gasteiger partial charge < -0.3 is 21.1 Å². The quantitative estimate of drug-likeness (QED) is 0.706. The average Bonchev–Trinajstić information content (AvgIpc) is 2.88. The summed E-state index contributed by atoms with van der Waals surface area (Å²) >= 11 is 0. The maximum absolute atomic E-state index is 11.7. The van der Waals surface area contributed by atoms with Gasteiger partial charge in [-0.1, -0.05) is 0 Å². The van der Waals surface area contributed by atoms with Crippen molar-refractivity contribution in [2.75, 3.05) is 30.8 Å². The molecule has 1 aliphatic rings. The Kier molecular flexibility index (Phi) is 3.95. The number of nitrogen functional groups attached to an aromatic ring is 1. The van der Waals surface area contributed by atoms with Crippen LogP contribution in [0.3, 0.4) is 0 Å². The van der Waals surface area contributed by atoms with Crippen LogP contribution < -0.4 is 16.0 Å². The monoisotopic (exact) mass is 263 g/mol. The normalized spacial score (nSPS) is 20.4. The van der Waals surface area contributed by atoms with Gasteiger partial charge in [0.2, 0.25) is 0 Å². The van der Waals surface area contributed by atoms with Gasteiger partial charge in [-0.2, -0.15) is 0 Å². The third-order valence-corrected chi connectivity index (χ3v) is 3.77. The highest BCUT2D eigenvalue weighted by Crippen LogP contribution is 2.30. The van der Waals surface area contributed by atoms with Crippen LogP contribution in [0.5, 0.6) is 0 Å². The van der Waals surface area contributed by atoms with Gasteiger partial charge in [-0.25, -0.2) is 0 Å². The van der Waals surface area contributed by atoms with Crippen LogP contribution in [0.1, 0.15) is 23.7 Å². The molecule has 1 amide bonds. The molecular formula is C14H21N3O2. The third-order valence-electron chi connectivity index (χ3n) is 3.77. The van der Waals surface area contributed by atoms with Crippen molar-refractivity contribution in [1.82, 2.24) is 5.32 Å². The molecule has 5 heteroatoms. The Bertz CT molecular complexity index is 474. The van der Waals surface area contributed by atoms with Crippen molar-refractivity contribution in [3.63, 3.8) is 0 Å². The minimum absolute atomic E-state index is 0.118. The highest BCUT2D eigenvalue weighted by Gasteiger charge is 2.27. The second-order valence-corrected chi connectivity index (χ2v) is 5.09. The number of carbonyl (C=O) groups excluding carboxylic acids is 1. The van der Waals surface area contributed by atoms with Crippen LogP contribution >= 0.6 is 0 Å². The summed E-state index contributed by atoms with van der Waals surface area (Å²) in [6, 6.07) is 5.30. The van der Waals surface area contributed by atoms with E-state index in [1.165, 1.54) is 0 Å². The van der Waals surface area contributed by atoms with E-state index in [2.05, 4.69) is 10.2 Å². The van der Waals surface area contributed by atoms with E-state index >= 15 is 0 Å². The molecule has 0 radical (unpaired) electrons. The summed E-state index contributed by atoms with van der Waals surface area (Å²) in [5.74, 6) is 0.149. The lowest BCUT2D eigenvalue weighted by molar-refractivity contribution is 0.0963. The van der Waals surface area contributed by atoms with Crippen LogP contribution in [-0.4, -0.2) is 37.3 Å². The lowest BCUT2D eigenvalue weighted by atomic mass is 10.0. The number of anilines is 2. The first-order valence-electron chi connectivity index (χ1n) is 6.57. The smallest absolute Gasteiger partial charge is 0.251 e. The topological polar surface area (TPSA) is 78.6 Å². The van der Waals surface area contributed by atoms with E-state index in [0.29, 0.717) is 11.3 Å². The number of amides is 1. The minimum atomic E-state index is -0.312. The molecule has 104 valence electrons. The Morgan fingerprint density at radius 2 is 2.32 bits per heavy atom. The molecule has 2 unspecified atom stereocenters. The molecule has 1 aliphatic heterocycles. The van der Waals surface area contributed by atoms with E-state index in [-0.39, 0.29) is 17.9 Å². The number of aliphatic hydroxyl groups is 1. The molecule has 1 saturated heterocycles. The lowest BCUT2D eigenvalue weighted by Crippen LogP contribution is -2.25. The highest BCUT2D eigenvalue weighted by molar-refractivity contribution is 5.96. The van der Waals surface area contributed by atoms with Crippen molar-refractivity contribution in [3.8, 4) is 0 Å². The fraction of sp³-hybridized carbons (Fsp3) is 0.500. The van der Waals surface area contributed by atoms with Gasteiger partial charge in [0.05, 0.1) is 17.5 Å². The lowest BCUT2D eigenvalue weighted by Gasteiger charge is -2.22. The van der Waals surface area contributed by atoms with Crippen molar-refractivity contribution < 1.29 is 9.90 Å². The van der Waals surface area contributed by atoms with Gasteiger partial charge in [0.1, 0.15) is 0 Å². The van der Waals surface area contributed by atoms with E-state index in [4.69, 9.17) is 5.73 Å².